The molecule has 0 aliphatic rings. The van der Waals surface area contributed by atoms with E-state index in [1.165, 1.54) is 5.56 Å². The highest BCUT2D eigenvalue weighted by Gasteiger charge is 2.21. The van der Waals surface area contributed by atoms with E-state index in [-0.39, 0.29) is 11.4 Å². The molecule has 0 aromatic heterocycles. The van der Waals surface area contributed by atoms with Crippen LogP contribution in [0.2, 0.25) is 0 Å². The number of nitrogens with one attached hydrogen (secondary N) is 1. The number of rotatable bonds is 4. The molecule has 0 radical (unpaired) electrons. The zero-order valence-corrected chi connectivity index (χ0v) is 13.0. The van der Waals surface area contributed by atoms with Gasteiger partial charge in [0, 0.05) is 5.97 Å². The lowest BCUT2D eigenvalue weighted by Crippen LogP contribution is -2.72. The number of aliphatic carboxylic acids is 1. The van der Waals surface area contributed by atoms with E-state index in [9.17, 15) is 0 Å². The minimum atomic E-state index is -1.08. The van der Waals surface area contributed by atoms with Gasteiger partial charge in [0.25, 0.3) is 0 Å². The Kier molecular flexibility index (Phi) is 7.75. The van der Waals surface area contributed by atoms with Crippen LogP contribution in [0.15, 0.2) is 35.4 Å². The first-order valence-electron chi connectivity index (χ1n) is 6.55. The minimum Gasteiger partial charge on any atom is -0.550 e. The number of carbonyl (C=O) groups is 1. The summed E-state index contributed by atoms with van der Waals surface area (Å²) in [6.45, 7) is 7.31. The summed E-state index contributed by atoms with van der Waals surface area (Å²) in [5.41, 5.74) is 12.9. The maximum Gasteiger partial charge on any atom is 0.362 e. The molecule has 6 heteroatoms. The van der Waals surface area contributed by atoms with Gasteiger partial charge in [-0.25, -0.2) is 0 Å². The van der Waals surface area contributed by atoms with Gasteiger partial charge in [-0.15, -0.1) is 5.10 Å². The summed E-state index contributed by atoms with van der Waals surface area (Å²) in [7, 11) is 0. The van der Waals surface area contributed by atoms with Crippen LogP contribution in [0.5, 0.6) is 0 Å². The molecule has 0 aliphatic carbocycles. The number of carboxylic acid groups (broad SMARTS) is 1. The Labute approximate surface area is 125 Å². The van der Waals surface area contributed by atoms with Crippen molar-refractivity contribution >= 4 is 17.6 Å². The first-order valence-corrected chi connectivity index (χ1v) is 6.55. The van der Waals surface area contributed by atoms with Gasteiger partial charge < -0.3 is 9.90 Å². The minimum absolute atomic E-state index is 0.0416. The number of carboxylic acids is 1. The van der Waals surface area contributed by atoms with Gasteiger partial charge in [-0.2, -0.15) is 5.10 Å². The van der Waals surface area contributed by atoms with Crippen LogP contribution in [0.3, 0.4) is 0 Å². The van der Waals surface area contributed by atoms with Crippen molar-refractivity contribution in [1.82, 2.24) is 0 Å². The van der Waals surface area contributed by atoms with Crippen LogP contribution in [0.25, 0.3) is 0 Å². The standard InChI is InChI=1S/C13H20N4.C2H4O2/c1-10(16-17-12(14)15)9-13(2,3)11-7-5-4-6-8-11;1-2(3)4/h4-8H,9H2,1-3H3,(H4,14,15,17);1H3,(H,3,4). The molecular weight excluding hydrogens is 268 g/mol. The molecule has 1 aromatic carbocycles. The van der Waals surface area contributed by atoms with Crippen molar-refractivity contribution in [3.63, 3.8) is 0 Å². The zero-order valence-electron chi connectivity index (χ0n) is 13.0. The molecule has 0 saturated heterocycles. The fourth-order valence-corrected chi connectivity index (χ4v) is 1.83. The average molecular weight is 292 g/mol. The topological polar surface area (TPSA) is 118 Å². The van der Waals surface area contributed by atoms with Crippen molar-refractivity contribution in [3.05, 3.63) is 35.9 Å². The van der Waals surface area contributed by atoms with Gasteiger partial charge in [0.2, 0.25) is 0 Å². The van der Waals surface area contributed by atoms with E-state index in [1.54, 1.807) is 0 Å². The average Bonchev–Trinajstić information content (AvgIpc) is 2.36. The zero-order chi connectivity index (χ0) is 16.5. The van der Waals surface area contributed by atoms with Crippen LogP contribution in [0.1, 0.15) is 39.7 Å². The number of carbonyl (C=O) groups excluding carboxylic acids is 1. The second-order valence-corrected chi connectivity index (χ2v) is 5.33. The Bertz CT molecular complexity index is 500. The number of hydrazone groups is 1. The van der Waals surface area contributed by atoms with Crippen LogP contribution in [0, 0.1) is 0 Å². The first-order chi connectivity index (χ1) is 9.65. The number of nitrogens with two attached hydrogens (primary N) is 2. The van der Waals surface area contributed by atoms with Gasteiger partial charge in [0.1, 0.15) is 0 Å². The van der Waals surface area contributed by atoms with Crippen molar-refractivity contribution in [2.24, 2.45) is 16.6 Å². The number of guanidine groups is 1. The van der Waals surface area contributed by atoms with Gasteiger partial charge in [0.15, 0.2) is 0 Å². The monoisotopic (exact) mass is 292 g/mol. The quantitative estimate of drug-likeness (QED) is 0.368. The van der Waals surface area contributed by atoms with Crippen molar-refractivity contribution in [2.75, 3.05) is 0 Å². The lowest BCUT2D eigenvalue weighted by atomic mass is 9.80. The molecule has 0 aliphatic heterocycles. The summed E-state index contributed by atoms with van der Waals surface area (Å²) in [6, 6.07) is 10.4. The molecular formula is C15H24N4O2. The molecule has 116 valence electrons. The SMILES string of the molecule is CC(=O)[O-].CC(CC(C)(C)c1ccccc1)=N[NH+]=C(N)N. The smallest absolute Gasteiger partial charge is 0.362 e. The highest BCUT2D eigenvalue weighted by molar-refractivity contribution is 5.82. The predicted molar refractivity (Wildman–Crippen MR) is 82.2 cm³/mol. The molecule has 21 heavy (non-hydrogen) atoms. The summed E-state index contributed by atoms with van der Waals surface area (Å²) in [5, 5.41) is 15.6. The number of benzene rings is 1. The van der Waals surface area contributed by atoms with E-state index in [1.807, 2.05) is 25.1 Å². The molecule has 5 N–H and O–H groups in total. The molecule has 0 atom stereocenters. The van der Waals surface area contributed by atoms with E-state index in [0.29, 0.717) is 0 Å². The summed E-state index contributed by atoms with van der Waals surface area (Å²) in [4.78, 5) is 8.89. The van der Waals surface area contributed by atoms with Crippen molar-refractivity contribution in [2.45, 2.75) is 39.5 Å². The third kappa shape index (κ3) is 9.21. The van der Waals surface area contributed by atoms with Gasteiger partial charge >= 0.3 is 5.96 Å². The van der Waals surface area contributed by atoms with Crippen LogP contribution in [0.4, 0.5) is 0 Å². The lowest BCUT2D eigenvalue weighted by Gasteiger charge is -2.24. The number of hydrogen-bond donors (Lipinski definition) is 3. The molecule has 0 fully saturated rings. The molecule has 0 spiro atoms. The van der Waals surface area contributed by atoms with Gasteiger partial charge in [0.05, 0.1) is 5.71 Å². The summed E-state index contributed by atoms with van der Waals surface area (Å²) in [5.74, 6) is -0.970. The fraction of sp³-hybridized carbons (Fsp3) is 0.400. The van der Waals surface area contributed by atoms with E-state index in [4.69, 9.17) is 21.4 Å². The van der Waals surface area contributed by atoms with Crippen LogP contribution in [-0.4, -0.2) is 17.6 Å². The lowest BCUT2D eigenvalue weighted by molar-refractivity contribution is -0.464. The molecule has 1 rings (SSSR count). The molecule has 0 bridgehead atoms. The molecule has 0 heterocycles. The summed E-state index contributed by atoms with van der Waals surface area (Å²) >= 11 is 0. The first kappa shape index (κ1) is 18.6. The van der Waals surface area contributed by atoms with Crippen LogP contribution >= 0.6 is 0 Å². The van der Waals surface area contributed by atoms with Gasteiger partial charge in [-0.1, -0.05) is 44.2 Å². The summed E-state index contributed by atoms with van der Waals surface area (Å²) in [6.07, 6.45) is 0.845. The van der Waals surface area contributed by atoms with Gasteiger partial charge in [-0.3, -0.25) is 11.5 Å². The fourth-order valence-electron chi connectivity index (χ4n) is 1.83. The normalized spacial score (nSPS) is 11.1. The maximum absolute atomic E-state index is 8.89. The Hall–Kier alpha value is -2.37. The Morgan fingerprint density at radius 2 is 1.71 bits per heavy atom. The molecule has 1 aromatic rings. The molecule has 0 saturated carbocycles. The molecule has 6 nitrogen and oxygen atoms in total. The molecule has 0 amide bonds. The predicted octanol–water partition coefficient (Wildman–Crippen LogP) is -1.16. The van der Waals surface area contributed by atoms with Crippen molar-refractivity contribution in [1.29, 1.82) is 0 Å². The van der Waals surface area contributed by atoms with Crippen LogP contribution in [-0.2, 0) is 10.2 Å². The van der Waals surface area contributed by atoms with E-state index < -0.39 is 5.97 Å². The summed E-state index contributed by atoms with van der Waals surface area (Å²) < 4.78 is 0. The van der Waals surface area contributed by atoms with Crippen molar-refractivity contribution < 1.29 is 15.0 Å². The Balaban J connectivity index is 0.000000885. The third-order valence-corrected chi connectivity index (χ3v) is 2.63. The van der Waals surface area contributed by atoms with E-state index in [2.05, 4.69) is 36.2 Å². The highest BCUT2D eigenvalue weighted by Crippen LogP contribution is 2.26. The Morgan fingerprint density at radius 3 is 2.14 bits per heavy atom. The second-order valence-electron chi connectivity index (χ2n) is 5.33. The number of nitrogens with zero attached hydrogens (tertiary/aromatic N) is 1. The van der Waals surface area contributed by atoms with Crippen molar-refractivity contribution in [3.8, 4) is 0 Å². The van der Waals surface area contributed by atoms with Gasteiger partial charge in [-0.05, 0) is 31.2 Å². The number of hydrogen-bond acceptors (Lipinski definition) is 3. The highest BCUT2D eigenvalue weighted by atomic mass is 16.4. The third-order valence-electron chi connectivity index (χ3n) is 2.63. The molecule has 0 unspecified atom stereocenters. The largest absolute Gasteiger partial charge is 0.550 e. The second kappa shape index (κ2) is 8.73. The maximum atomic E-state index is 8.89. The van der Waals surface area contributed by atoms with Crippen LogP contribution < -0.4 is 21.7 Å². The van der Waals surface area contributed by atoms with E-state index in [0.717, 1.165) is 19.1 Å². The van der Waals surface area contributed by atoms with E-state index >= 15 is 0 Å². The Morgan fingerprint density at radius 1 is 1.24 bits per heavy atom.